The molecule has 1 rings (SSSR count). The molecule has 0 atom stereocenters. The molecule has 0 fully saturated rings. The van der Waals surface area contributed by atoms with E-state index in [1.807, 2.05) is 18.2 Å². The van der Waals surface area contributed by atoms with Crippen LogP contribution in [-0.4, -0.2) is 51.4 Å². The monoisotopic (exact) mass is 332 g/mol. The first-order valence-corrected chi connectivity index (χ1v) is 8.01. The predicted octanol–water partition coefficient (Wildman–Crippen LogP) is 3.49. The Balaban J connectivity index is 2.20. The number of unbranched alkanes of at least 4 members (excludes halogenated alkanes) is 2. The first-order valence-electron chi connectivity index (χ1n) is 8.01. The van der Waals surface area contributed by atoms with Gasteiger partial charge in [0.1, 0.15) is 12.4 Å². The average Bonchev–Trinajstić information content (AvgIpc) is 2.45. The minimum Gasteiger partial charge on any atom is -0.492 e. The molecule has 0 aliphatic rings. The highest BCUT2D eigenvalue weighted by Gasteiger charge is 2.25. The van der Waals surface area contributed by atoms with Crippen LogP contribution in [0.2, 0.25) is 0 Å². The van der Waals surface area contributed by atoms with Crippen LogP contribution < -0.4 is 10.1 Å². The molecule has 132 valence electrons. The summed E-state index contributed by atoms with van der Waals surface area (Å²) >= 11 is 0. The van der Waals surface area contributed by atoms with E-state index < -0.39 is 12.7 Å². The minimum absolute atomic E-state index is 0.175. The molecular formula is C17H27F3N2O. The van der Waals surface area contributed by atoms with Crippen LogP contribution >= 0.6 is 0 Å². The van der Waals surface area contributed by atoms with Crippen LogP contribution in [0.3, 0.4) is 0 Å². The lowest BCUT2D eigenvalue weighted by Crippen LogP contribution is -2.31. The number of hydrogen-bond acceptors (Lipinski definition) is 3. The zero-order valence-electron chi connectivity index (χ0n) is 14.0. The van der Waals surface area contributed by atoms with E-state index in [9.17, 15) is 13.2 Å². The maximum atomic E-state index is 12.0. The molecule has 1 N–H and O–H groups in total. The van der Waals surface area contributed by atoms with Crippen molar-refractivity contribution in [3.05, 3.63) is 29.8 Å². The number of halogens is 3. The molecule has 1 aromatic rings. The molecule has 0 unspecified atom stereocenters. The molecular weight excluding hydrogens is 305 g/mol. The van der Waals surface area contributed by atoms with E-state index in [4.69, 9.17) is 4.74 Å². The number of ether oxygens (including phenoxy) is 1. The van der Waals surface area contributed by atoms with Gasteiger partial charge in [0.05, 0.1) is 6.54 Å². The Morgan fingerprint density at radius 1 is 1.13 bits per heavy atom. The highest BCUT2D eigenvalue weighted by Crippen LogP contribution is 2.16. The summed E-state index contributed by atoms with van der Waals surface area (Å²) in [6.45, 7) is 0.522. The zero-order valence-corrected chi connectivity index (χ0v) is 14.0. The number of rotatable bonds is 11. The van der Waals surface area contributed by atoms with Crippen molar-refractivity contribution in [1.82, 2.24) is 10.2 Å². The van der Waals surface area contributed by atoms with E-state index in [0.717, 1.165) is 19.4 Å². The van der Waals surface area contributed by atoms with Gasteiger partial charge in [-0.3, -0.25) is 0 Å². The third-order valence-electron chi connectivity index (χ3n) is 3.34. The van der Waals surface area contributed by atoms with Gasteiger partial charge in [-0.15, -0.1) is 0 Å². The molecule has 3 nitrogen and oxygen atoms in total. The van der Waals surface area contributed by atoms with E-state index in [2.05, 4.69) is 30.4 Å². The number of nitrogens with one attached hydrogen (secondary N) is 1. The van der Waals surface area contributed by atoms with E-state index in [1.165, 1.54) is 18.4 Å². The third kappa shape index (κ3) is 11.0. The number of hydrogen-bond donors (Lipinski definition) is 1. The van der Waals surface area contributed by atoms with Crippen LogP contribution in [-0.2, 0) is 6.42 Å². The minimum atomic E-state index is -4.17. The van der Waals surface area contributed by atoms with Gasteiger partial charge in [0.15, 0.2) is 0 Å². The van der Waals surface area contributed by atoms with Crippen LogP contribution in [0.1, 0.15) is 24.8 Å². The fourth-order valence-corrected chi connectivity index (χ4v) is 2.20. The number of aryl methyl sites for hydroxylation is 1. The van der Waals surface area contributed by atoms with E-state index in [-0.39, 0.29) is 13.2 Å². The lowest BCUT2D eigenvalue weighted by molar-refractivity contribution is -0.124. The highest BCUT2D eigenvalue weighted by molar-refractivity contribution is 5.28. The Bertz CT molecular complexity index is 436. The average molecular weight is 332 g/mol. The smallest absolute Gasteiger partial charge is 0.401 e. The second-order valence-corrected chi connectivity index (χ2v) is 5.90. The molecule has 0 aliphatic carbocycles. The molecule has 0 amide bonds. The second kappa shape index (κ2) is 10.5. The second-order valence-electron chi connectivity index (χ2n) is 5.90. The standard InChI is InChI=1S/C17H27F3N2O/c1-22(2)11-5-3-4-7-15-8-6-9-16(13-15)23-12-10-21-14-17(18,19)20/h6,8-9,13,21H,3-5,7,10-12,14H2,1-2H3. The van der Waals surface area contributed by atoms with Gasteiger partial charge in [0.25, 0.3) is 0 Å². The molecule has 0 aromatic heterocycles. The molecule has 0 aliphatic heterocycles. The van der Waals surface area contributed by atoms with Crippen LogP contribution in [0.15, 0.2) is 24.3 Å². The highest BCUT2D eigenvalue weighted by atomic mass is 19.4. The van der Waals surface area contributed by atoms with Crippen molar-refractivity contribution >= 4 is 0 Å². The van der Waals surface area contributed by atoms with Crippen molar-refractivity contribution in [3.63, 3.8) is 0 Å². The summed E-state index contributed by atoms with van der Waals surface area (Å²) in [7, 11) is 4.15. The molecule has 6 heteroatoms. The predicted molar refractivity (Wildman–Crippen MR) is 87.0 cm³/mol. The van der Waals surface area contributed by atoms with Crippen molar-refractivity contribution in [2.75, 3.05) is 40.3 Å². The van der Waals surface area contributed by atoms with Gasteiger partial charge in [-0.05, 0) is 57.6 Å². The fourth-order valence-electron chi connectivity index (χ4n) is 2.20. The molecule has 0 radical (unpaired) electrons. The van der Waals surface area contributed by atoms with Crippen molar-refractivity contribution in [2.45, 2.75) is 31.9 Å². The van der Waals surface area contributed by atoms with Gasteiger partial charge in [-0.2, -0.15) is 13.2 Å². The normalized spacial score (nSPS) is 11.9. The van der Waals surface area contributed by atoms with Gasteiger partial charge < -0.3 is 15.0 Å². The quantitative estimate of drug-likeness (QED) is 0.628. The van der Waals surface area contributed by atoms with Crippen LogP contribution in [0, 0.1) is 0 Å². The Labute approximate surface area is 136 Å². The Kier molecular flexibility index (Phi) is 9.02. The molecule has 0 saturated carbocycles. The van der Waals surface area contributed by atoms with Gasteiger partial charge in [0.2, 0.25) is 0 Å². The van der Waals surface area contributed by atoms with Crippen molar-refractivity contribution in [2.24, 2.45) is 0 Å². The third-order valence-corrected chi connectivity index (χ3v) is 3.34. The van der Waals surface area contributed by atoms with E-state index in [1.54, 1.807) is 0 Å². The Hall–Kier alpha value is -1.27. The summed E-state index contributed by atoms with van der Waals surface area (Å²) in [6.07, 6.45) is 0.326. The summed E-state index contributed by atoms with van der Waals surface area (Å²) in [6, 6.07) is 7.78. The molecule has 0 saturated heterocycles. The Morgan fingerprint density at radius 2 is 1.91 bits per heavy atom. The Morgan fingerprint density at radius 3 is 2.61 bits per heavy atom. The molecule has 0 heterocycles. The molecule has 0 bridgehead atoms. The maximum absolute atomic E-state index is 12.0. The lowest BCUT2D eigenvalue weighted by Gasteiger charge is -2.11. The fraction of sp³-hybridized carbons (Fsp3) is 0.647. The number of benzene rings is 1. The number of alkyl halides is 3. The lowest BCUT2D eigenvalue weighted by atomic mass is 10.1. The van der Waals surface area contributed by atoms with E-state index in [0.29, 0.717) is 5.75 Å². The zero-order chi connectivity index (χ0) is 17.1. The van der Waals surface area contributed by atoms with Crippen LogP contribution in [0.25, 0.3) is 0 Å². The van der Waals surface area contributed by atoms with Crippen molar-refractivity contribution < 1.29 is 17.9 Å². The van der Waals surface area contributed by atoms with E-state index >= 15 is 0 Å². The summed E-state index contributed by atoms with van der Waals surface area (Å²) < 4.78 is 41.4. The summed E-state index contributed by atoms with van der Waals surface area (Å²) in [5.74, 6) is 0.713. The maximum Gasteiger partial charge on any atom is 0.401 e. The van der Waals surface area contributed by atoms with Crippen molar-refractivity contribution in [3.8, 4) is 5.75 Å². The molecule has 1 aromatic carbocycles. The topological polar surface area (TPSA) is 24.5 Å². The van der Waals surface area contributed by atoms with Gasteiger partial charge in [0, 0.05) is 6.54 Å². The number of nitrogens with zero attached hydrogens (tertiary/aromatic N) is 1. The summed E-state index contributed by atoms with van der Waals surface area (Å²) in [5.41, 5.74) is 1.20. The first-order chi connectivity index (χ1) is 10.9. The summed E-state index contributed by atoms with van der Waals surface area (Å²) in [5, 5.41) is 2.31. The largest absolute Gasteiger partial charge is 0.492 e. The van der Waals surface area contributed by atoms with Crippen LogP contribution in [0.4, 0.5) is 13.2 Å². The SMILES string of the molecule is CN(C)CCCCCc1cccc(OCCNCC(F)(F)F)c1. The molecule has 23 heavy (non-hydrogen) atoms. The van der Waals surface area contributed by atoms with Crippen LogP contribution in [0.5, 0.6) is 5.75 Å². The van der Waals surface area contributed by atoms with Gasteiger partial charge >= 0.3 is 6.18 Å². The van der Waals surface area contributed by atoms with Gasteiger partial charge in [-0.1, -0.05) is 18.6 Å². The van der Waals surface area contributed by atoms with Gasteiger partial charge in [-0.25, -0.2) is 0 Å². The first kappa shape index (κ1) is 19.8. The summed E-state index contributed by atoms with van der Waals surface area (Å²) in [4.78, 5) is 2.18. The molecule has 0 spiro atoms. The van der Waals surface area contributed by atoms with Crippen molar-refractivity contribution in [1.29, 1.82) is 0 Å².